The smallest absolute Gasteiger partial charge is 0.303 e. The van der Waals surface area contributed by atoms with Gasteiger partial charge in [-0.15, -0.1) is 0 Å². The van der Waals surface area contributed by atoms with Gasteiger partial charge in [0.15, 0.2) is 0 Å². The fourth-order valence-electron chi connectivity index (χ4n) is 4.69. The minimum Gasteiger partial charge on any atom is -0.481 e. The van der Waals surface area contributed by atoms with Crippen molar-refractivity contribution in [3.63, 3.8) is 0 Å². The van der Waals surface area contributed by atoms with Crippen LogP contribution < -0.4 is 0 Å². The fourth-order valence-corrected chi connectivity index (χ4v) is 4.69. The van der Waals surface area contributed by atoms with Gasteiger partial charge in [-0.1, -0.05) is 141 Å². The third kappa shape index (κ3) is 49.0. The first-order valence-electron chi connectivity index (χ1n) is 17.3. The molecule has 0 aliphatic heterocycles. The minimum atomic E-state index is -0.664. The summed E-state index contributed by atoms with van der Waals surface area (Å²) in [6.45, 7) is 4.52. The van der Waals surface area contributed by atoms with Crippen LogP contribution in [0.2, 0.25) is 0 Å². The molecular formula is C36H68CuO4. The summed E-state index contributed by atoms with van der Waals surface area (Å²) in [6.07, 6.45) is 42.5. The molecule has 0 saturated heterocycles. The maximum atomic E-state index is 10.3. The predicted octanol–water partition coefficient (Wildman–Crippen LogP) is 12.2. The Bertz CT molecular complexity index is 524. The second kappa shape index (κ2) is 41.1. The fraction of sp³-hybridized carbons (Fsp3) is 0.833. The van der Waals surface area contributed by atoms with Gasteiger partial charge in [0.1, 0.15) is 0 Å². The van der Waals surface area contributed by atoms with Crippen LogP contribution >= 0.6 is 0 Å². The van der Waals surface area contributed by atoms with E-state index in [1.165, 1.54) is 141 Å². The number of rotatable bonds is 30. The second-order valence-corrected chi connectivity index (χ2v) is 11.5. The predicted molar refractivity (Wildman–Crippen MR) is 174 cm³/mol. The van der Waals surface area contributed by atoms with Gasteiger partial charge >= 0.3 is 11.9 Å². The van der Waals surface area contributed by atoms with E-state index in [2.05, 4.69) is 38.2 Å². The zero-order valence-corrected chi connectivity index (χ0v) is 28.1. The van der Waals surface area contributed by atoms with Crippen molar-refractivity contribution >= 4 is 11.9 Å². The SMILES string of the molecule is CCCCCCCC/C=C\CCCCCCCC(=O)O.CCCCCCCC/C=C\CCCCCCCC(=O)O.[Cu]. The molecule has 0 aromatic carbocycles. The van der Waals surface area contributed by atoms with Crippen LogP contribution in [0.15, 0.2) is 24.3 Å². The Morgan fingerprint density at radius 1 is 0.390 bits per heavy atom. The van der Waals surface area contributed by atoms with E-state index < -0.39 is 11.9 Å². The Labute approximate surface area is 266 Å². The summed E-state index contributed by atoms with van der Waals surface area (Å²) >= 11 is 0. The summed E-state index contributed by atoms with van der Waals surface area (Å²) in [5.74, 6) is -1.33. The van der Waals surface area contributed by atoms with Crippen LogP contribution in [-0.4, -0.2) is 22.2 Å². The topological polar surface area (TPSA) is 74.6 Å². The third-order valence-corrected chi connectivity index (χ3v) is 7.30. The van der Waals surface area contributed by atoms with Crippen LogP contribution in [0.4, 0.5) is 0 Å². The van der Waals surface area contributed by atoms with Crippen molar-refractivity contribution in [1.82, 2.24) is 0 Å². The summed E-state index contributed by atoms with van der Waals surface area (Å²) in [5.41, 5.74) is 0. The maximum absolute atomic E-state index is 10.3. The van der Waals surface area contributed by atoms with Gasteiger partial charge in [0.25, 0.3) is 0 Å². The number of carboxylic acid groups (broad SMARTS) is 2. The third-order valence-electron chi connectivity index (χ3n) is 7.30. The largest absolute Gasteiger partial charge is 0.481 e. The Hall–Kier alpha value is -1.06. The van der Waals surface area contributed by atoms with E-state index >= 15 is 0 Å². The molecule has 5 heteroatoms. The first-order valence-corrected chi connectivity index (χ1v) is 17.3. The first-order chi connectivity index (χ1) is 19.5. The molecular weight excluding hydrogens is 560 g/mol. The van der Waals surface area contributed by atoms with E-state index in [9.17, 15) is 9.59 Å². The van der Waals surface area contributed by atoms with Crippen molar-refractivity contribution < 1.29 is 36.9 Å². The minimum absolute atomic E-state index is 0. The summed E-state index contributed by atoms with van der Waals surface area (Å²) in [5, 5.41) is 17.0. The normalized spacial score (nSPS) is 11.0. The standard InChI is InChI=1S/2C18H34O2.Cu/c2*1-2-3-4-5-6-7-8-9-10-11-12-13-14-15-16-17-18(19)20;/h2*9-10H,2-8,11-17H2,1H3,(H,19,20);/b2*10-9-;. The van der Waals surface area contributed by atoms with Gasteiger partial charge < -0.3 is 10.2 Å². The van der Waals surface area contributed by atoms with Gasteiger partial charge in [-0.2, -0.15) is 0 Å². The molecule has 0 aliphatic carbocycles. The average Bonchev–Trinajstić information content (AvgIpc) is 2.93. The average molecular weight is 628 g/mol. The quantitative estimate of drug-likeness (QED) is 0.0472. The van der Waals surface area contributed by atoms with E-state index in [1.807, 2.05) is 0 Å². The Morgan fingerprint density at radius 3 is 0.854 bits per heavy atom. The van der Waals surface area contributed by atoms with Crippen molar-refractivity contribution in [3.05, 3.63) is 24.3 Å². The molecule has 0 aromatic heterocycles. The molecule has 0 amide bonds. The van der Waals surface area contributed by atoms with Gasteiger partial charge in [0.2, 0.25) is 0 Å². The van der Waals surface area contributed by atoms with E-state index in [-0.39, 0.29) is 17.1 Å². The molecule has 0 bridgehead atoms. The molecule has 0 heterocycles. The van der Waals surface area contributed by atoms with Crippen molar-refractivity contribution in [1.29, 1.82) is 0 Å². The molecule has 0 saturated carbocycles. The van der Waals surface area contributed by atoms with Crippen molar-refractivity contribution in [3.8, 4) is 0 Å². The van der Waals surface area contributed by atoms with Crippen molar-refractivity contribution in [2.45, 2.75) is 194 Å². The van der Waals surface area contributed by atoms with E-state index in [0.717, 1.165) is 25.7 Å². The van der Waals surface area contributed by atoms with Gasteiger partial charge in [0, 0.05) is 29.9 Å². The molecule has 0 spiro atoms. The summed E-state index contributed by atoms with van der Waals surface area (Å²) in [4.78, 5) is 20.6. The van der Waals surface area contributed by atoms with Gasteiger partial charge in [0.05, 0.1) is 0 Å². The monoisotopic (exact) mass is 627 g/mol. The summed E-state index contributed by atoms with van der Waals surface area (Å²) in [7, 11) is 0. The molecule has 0 fully saturated rings. The number of carboxylic acids is 2. The second-order valence-electron chi connectivity index (χ2n) is 11.5. The van der Waals surface area contributed by atoms with E-state index in [0.29, 0.717) is 12.8 Å². The van der Waals surface area contributed by atoms with Crippen LogP contribution in [0.3, 0.4) is 0 Å². The number of aliphatic carboxylic acids is 2. The maximum Gasteiger partial charge on any atom is 0.303 e. The molecule has 4 nitrogen and oxygen atoms in total. The molecule has 0 rings (SSSR count). The molecule has 0 unspecified atom stereocenters. The van der Waals surface area contributed by atoms with E-state index in [4.69, 9.17) is 10.2 Å². The Morgan fingerprint density at radius 2 is 0.610 bits per heavy atom. The zero-order chi connectivity index (χ0) is 29.8. The van der Waals surface area contributed by atoms with Crippen LogP contribution in [0.1, 0.15) is 194 Å². The molecule has 41 heavy (non-hydrogen) atoms. The van der Waals surface area contributed by atoms with Crippen LogP contribution in [0.5, 0.6) is 0 Å². The van der Waals surface area contributed by atoms with Gasteiger partial charge in [-0.25, -0.2) is 0 Å². The molecule has 0 aromatic rings. The van der Waals surface area contributed by atoms with Crippen LogP contribution in [-0.2, 0) is 26.7 Å². The van der Waals surface area contributed by atoms with Gasteiger partial charge in [-0.05, 0) is 64.2 Å². The zero-order valence-electron chi connectivity index (χ0n) is 27.1. The molecule has 0 atom stereocenters. The van der Waals surface area contributed by atoms with E-state index in [1.54, 1.807) is 0 Å². The van der Waals surface area contributed by atoms with Crippen LogP contribution in [0.25, 0.3) is 0 Å². The number of unbranched alkanes of at least 4 members (excludes halogenated alkanes) is 22. The van der Waals surface area contributed by atoms with Crippen molar-refractivity contribution in [2.24, 2.45) is 0 Å². The Kier molecular flexibility index (Phi) is 44.5. The number of hydrogen-bond acceptors (Lipinski definition) is 2. The summed E-state index contributed by atoms with van der Waals surface area (Å²) in [6, 6.07) is 0. The number of allylic oxidation sites excluding steroid dienone is 4. The number of hydrogen-bond donors (Lipinski definition) is 2. The molecule has 2 N–H and O–H groups in total. The number of carbonyl (C=O) groups is 2. The van der Waals surface area contributed by atoms with Crippen LogP contribution in [0, 0.1) is 0 Å². The molecule has 0 aliphatic rings. The molecule has 1 radical (unpaired) electrons. The summed E-state index contributed by atoms with van der Waals surface area (Å²) < 4.78 is 0. The Balaban J connectivity index is -0.000000688. The first kappa shape index (κ1) is 44.4. The van der Waals surface area contributed by atoms with Crippen molar-refractivity contribution in [2.75, 3.05) is 0 Å². The molecule has 247 valence electrons. The van der Waals surface area contributed by atoms with Gasteiger partial charge in [-0.3, -0.25) is 9.59 Å².